The summed E-state index contributed by atoms with van der Waals surface area (Å²) in [4.78, 5) is 28.9. The Labute approximate surface area is 182 Å². The number of thioether (sulfide) groups is 1. The molecule has 2 aromatic heterocycles. The van der Waals surface area contributed by atoms with Gasteiger partial charge in [-0.25, -0.2) is 4.79 Å². The Morgan fingerprint density at radius 2 is 1.94 bits per heavy atom. The molecule has 5 rings (SSSR count). The van der Waals surface area contributed by atoms with E-state index >= 15 is 0 Å². The molecule has 8 nitrogen and oxygen atoms in total. The number of nitrogens with zero attached hydrogens (tertiary/aromatic N) is 4. The van der Waals surface area contributed by atoms with Crippen molar-refractivity contribution in [3.63, 3.8) is 0 Å². The molecule has 31 heavy (non-hydrogen) atoms. The second-order valence-corrected chi connectivity index (χ2v) is 8.18. The number of hydrogen-bond acceptors (Lipinski definition) is 5. The SMILES string of the molecule is Cc1ccccc1-n1c(SCC(=O)N2CCNC2=O)nnc1-c1c[nH]c2ccccc12. The van der Waals surface area contributed by atoms with Gasteiger partial charge < -0.3 is 10.3 Å². The number of urea groups is 1. The number of benzene rings is 2. The zero-order valence-electron chi connectivity index (χ0n) is 16.8. The third-order valence-electron chi connectivity index (χ3n) is 5.30. The highest BCUT2D eigenvalue weighted by molar-refractivity contribution is 7.99. The quantitative estimate of drug-likeness (QED) is 0.472. The topological polar surface area (TPSA) is 95.9 Å². The molecule has 0 saturated carbocycles. The summed E-state index contributed by atoms with van der Waals surface area (Å²) in [5, 5.41) is 13.2. The van der Waals surface area contributed by atoms with Gasteiger partial charge in [-0.1, -0.05) is 48.2 Å². The maximum absolute atomic E-state index is 12.5. The summed E-state index contributed by atoms with van der Waals surface area (Å²) in [6.45, 7) is 2.91. The molecular formula is C22H20N6O2S. The van der Waals surface area contributed by atoms with Crippen LogP contribution in [0.5, 0.6) is 0 Å². The molecule has 0 atom stereocenters. The van der Waals surface area contributed by atoms with Gasteiger partial charge >= 0.3 is 6.03 Å². The summed E-state index contributed by atoms with van der Waals surface area (Å²) in [5.74, 6) is 0.555. The highest BCUT2D eigenvalue weighted by Gasteiger charge is 2.27. The first-order valence-electron chi connectivity index (χ1n) is 9.92. The maximum Gasteiger partial charge on any atom is 0.324 e. The number of fused-ring (bicyclic) bond motifs is 1. The minimum absolute atomic E-state index is 0.102. The van der Waals surface area contributed by atoms with Crippen molar-refractivity contribution in [1.29, 1.82) is 0 Å². The van der Waals surface area contributed by atoms with Gasteiger partial charge in [-0.15, -0.1) is 10.2 Å². The number of carbonyl (C=O) groups excluding carboxylic acids is 2. The lowest BCUT2D eigenvalue weighted by atomic mass is 10.1. The monoisotopic (exact) mass is 432 g/mol. The molecule has 0 unspecified atom stereocenters. The number of H-pyrrole nitrogens is 1. The third-order valence-corrected chi connectivity index (χ3v) is 6.22. The molecule has 3 amide bonds. The molecule has 0 spiro atoms. The van der Waals surface area contributed by atoms with Crippen LogP contribution >= 0.6 is 11.8 Å². The first-order valence-corrected chi connectivity index (χ1v) is 10.9. The van der Waals surface area contributed by atoms with Crippen LogP contribution in [0.3, 0.4) is 0 Å². The molecule has 4 aromatic rings. The highest BCUT2D eigenvalue weighted by atomic mass is 32.2. The molecule has 156 valence electrons. The van der Waals surface area contributed by atoms with Crippen LogP contribution in [-0.2, 0) is 4.79 Å². The third kappa shape index (κ3) is 3.46. The largest absolute Gasteiger partial charge is 0.360 e. The average molecular weight is 433 g/mol. The Bertz CT molecular complexity index is 1290. The van der Waals surface area contributed by atoms with Crippen LogP contribution in [0, 0.1) is 6.92 Å². The van der Waals surface area contributed by atoms with E-state index in [0.717, 1.165) is 27.7 Å². The van der Waals surface area contributed by atoms with Crippen molar-refractivity contribution in [2.45, 2.75) is 12.1 Å². The number of amides is 3. The van der Waals surface area contributed by atoms with Crippen molar-refractivity contribution in [1.82, 2.24) is 30.0 Å². The fraction of sp³-hybridized carbons (Fsp3) is 0.182. The van der Waals surface area contributed by atoms with E-state index in [4.69, 9.17) is 0 Å². The highest BCUT2D eigenvalue weighted by Crippen LogP contribution is 2.33. The van der Waals surface area contributed by atoms with Gasteiger partial charge in [0.15, 0.2) is 11.0 Å². The second kappa shape index (κ2) is 7.92. The summed E-state index contributed by atoms with van der Waals surface area (Å²) in [6, 6.07) is 15.7. The summed E-state index contributed by atoms with van der Waals surface area (Å²) >= 11 is 1.28. The molecule has 0 aliphatic carbocycles. The number of imide groups is 1. The van der Waals surface area contributed by atoms with E-state index in [9.17, 15) is 9.59 Å². The number of aromatic nitrogens is 4. The molecule has 1 saturated heterocycles. The zero-order chi connectivity index (χ0) is 21.4. The van der Waals surface area contributed by atoms with Crippen LogP contribution in [0.2, 0.25) is 0 Å². The lowest BCUT2D eigenvalue weighted by Crippen LogP contribution is -2.35. The number of aromatic amines is 1. The van der Waals surface area contributed by atoms with Gasteiger partial charge in [-0.05, 0) is 24.6 Å². The second-order valence-electron chi connectivity index (χ2n) is 7.24. The molecule has 2 N–H and O–H groups in total. The summed E-state index contributed by atoms with van der Waals surface area (Å²) < 4.78 is 1.98. The Kier molecular flexibility index (Phi) is 4.95. The van der Waals surface area contributed by atoms with Crippen molar-refractivity contribution in [2.24, 2.45) is 0 Å². The van der Waals surface area contributed by atoms with Crippen molar-refractivity contribution < 1.29 is 9.59 Å². The molecule has 9 heteroatoms. The van der Waals surface area contributed by atoms with E-state index in [2.05, 4.69) is 20.5 Å². The minimum Gasteiger partial charge on any atom is -0.360 e. The summed E-state index contributed by atoms with van der Waals surface area (Å²) in [6.07, 6.45) is 1.93. The lowest BCUT2D eigenvalue weighted by Gasteiger charge is -2.14. The lowest BCUT2D eigenvalue weighted by molar-refractivity contribution is -0.124. The Morgan fingerprint density at radius 1 is 1.13 bits per heavy atom. The van der Waals surface area contributed by atoms with Crippen LogP contribution in [0.15, 0.2) is 59.9 Å². The first kappa shape index (κ1) is 19.4. The molecule has 0 radical (unpaired) electrons. The molecule has 1 aliphatic heterocycles. The van der Waals surface area contributed by atoms with E-state index < -0.39 is 0 Å². The van der Waals surface area contributed by atoms with Crippen molar-refractivity contribution in [3.8, 4) is 17.1 Å². The van der Waals surface area contributed by atoms with Gasteiger partial charge in [-0.3, -0.25) is 14.3 Å². The van der Waals surface area contributed by atoms with Crippen LogP contribution in [0.4, 0.5) is 4.79 Å². The van der Waals surface area contributed by atoms with E-state index in [1.807, 2.05) is 66.2 Å². The Morgan fingerprint density at radius 3 is 2.74 bits per heavy atom. The van der Waals surface area contributed by atoms with Crippen LogP contribution in [-0.4, -0.2) is 55.4 Å². The van der Waals surface area contributed by atoms with Crippen molar-refractivity contribution in [3.05, 3.63) is 60.3 Å². The van der Waals surface area contributed by atoms with E-state index in [1.165, 1.54) is 16.7 Å². The number of para-hydroxylation sites is 2. The first-order chi connectivity index (χ1) is 15.1. The van der Waals surface area contributed by atoms with E-state index in [0.29, 0.717) is 24.1 Å². The number of aryl methyl sites for hydroxylation is 1. The molecule has 1 fully saturated rings. The smallest absolute Gasteiger partial charge is 0.324 e. The van der Waals surface area contributed by atoms with Gasteiger partial charge in [-0.2, -0.15) is 0 Å². The van der Waals surface area contributed by atoms with Crippen LogP contribution in [0.25, 0.3) is 28.0 Å². The van der Waals surface area contributed by atoms with Gasteiger partial charge in [0.05, 0.1) is 11.4 Å². The fourth-order valence-electron chi connectivity index (χ4n) is 3.74. The number of hydrogen-bond donors (Lipinski definition) is 2. The summed E-state index contributed by atoms with van der Waals surface area (Å²) in [5.41, 5.74) is 3.96. The van der Waals surface area contributed by atoms with Crippen molar-refractivity contribution >= 4 is 34.6 Å². The minimum atomic E-state index is -0.342. The number of nitrogens with one attached hydrogen (secondary N) is 2. The zero-order valence-corrected chi connectivity index (χ0v) is 17.6. The Balaban J connectivity index is 1.55. The standard InChI is InChI=1S/C22H20N6O2S/c1-14-6-2-5-9-18(14)28-20(16-12-24-17-8-4-3-7-15(16)17)25-26-22(28)31-13-19(29)27-11-10-23-21(27)30/h2-9,12,24H,10-11,13H2,1H3,(H,23,30). The normalized spacial score (nSPS) is 13.7. The number of carbonyl (C=O) groups is 2. The fourth-order valence-corrected chi connectivity index (χ4v) is 4.56. The van der Waals surface area contributed by atoms with Crippen LogP contribution in [0.1, 0.15) is 5.56 Å². The molecular weight excluding hydrogens is 412 g/mol. The molecule has 1 aliphatic rings. The average Bonchev–Trinajstić information content (AvgIpc) is 3.50. The Hall–Kier alpha value is -3.59. The van der Waals surface area contributed by atoms with E-state index in [1.54, 1.807) is 0 Å². The maximum atomic E-state index is 12.5. The predicted octanol–water partition coefficient (Wildman–Crippen LogP) is 3.37. The predicted molar refractivity (Wildman–Crippen MR) is 119 cm³/mol. The van der Waals surface area contributed by atoms with Crippen molar-refractivity contribution in [2.75, 3.05) is 18.8 Å². The van der Waals surface area contributed by atoms with Gasteiger partial charge in [0.2, 0.25) is 5.91 Å². The van der Waals surface area contributed by atoms with Gasteiger partial charge in [0.1, 0.15) is 0 Å². The molecule has 3 heterocycles. The summed E-state index contributed by atoms with van der Waals surface area (Å²) in [7, 11) is 0. The van der Waals surface area contributed by atoms with Gasteiger partial charge in [0, 0.05) is 35.8 Å². The molecule has 0 bridgehead atoms. The van der Waals surface area contributed by atoms with Crippen LogP contribution < -0.4 is 5.32 Å². The van der Waals surface area contributed by atoms with Gasteiger partial charge in [0.25, 0.3) is 0 Å². The molecule has 2 aromatic carbocycles. The number of rotatable bonds is 5. The van der Waals surface area contributed by atoms with E-state index in [-0.39, 0.29) is 17.7 Å².